The fourth-order valence-electron chi connectivity index (χ4n) is 2.82. The molecule has 0 radical (unpaired) electrons. The number of tetrazole rings is 1. The molecule has 4 aromatic rings. The van der Waals surface area contributed by atoms with Crippen molar-refractivity contribution < 1.29 is 9.47 Å². The summed E-state index contributed by atoms with van der Waals surface area (Å²) in [4.78, 5) is 11.9. The molecule has 2 aromatic heterocycles. The van der Waals surface area contributed by atoms with Gasteiger partial charge in [0.1, 0.15) is 12.4 Å². The van der Waals surface area contributed by atoms with E-state index in [0.717, 1.165) is 10.4 Å². The van der Waals surface area contributed by atoms with Crippen molar-refractivity contribution in [3.05, 3.63) is 76.3 Å². The zero-order valence-corrected chi connectivity index (χ0v) is 15.4. The number of rotatable bonds is 6. The minimum absolute atomic E-state index is 0.142. The molecule has 28 heavy (non-hydrogen) atoms. The number of nitrogens with one attached hydrogen (secondary N) is 1. The molecule has 0 unspecified atom stereocenters. The maximum atomic E-state index is 11.9. The first-order valence-electron chi connectivity index (χ1n) is 8.58. The molecule has 0 fully saturated rings. The SMILES string of the molecule is COc1cccc(-n2nn[nH]c2=O)c1COc1ccn(-c2ccc(C)cc2)n1. The number of aryl methyl sites for hydroxylation is 1. The number of H-pyrrole nitrogens is 1. The first-order valence-corrected chi connectivity index (χ1v) is 8.58. The van der Waals surface area contributed by atoms with Crippen molar-refractivity contribution in [3.8, 4) is 23.0 Å². The smallest absolute Gasteiger partial charge is 0.365 e. The molecule has 0 amide bonds. The highest BCUT2D eigenvalue weighted by Crippen LogP contribution is 2.25. The van der Waals surface area contributed by atoms with E-state index in [4.69, 9.17) is 9.47 Å². The van der Waals surface area contributed by atoms with Gasteiger partial charge in [0.2, 0.25) is 5.88 Å². The summed E-state index contributed by atoms with van der Waals surface area (Å²) in [7, 11) is 1.56. The van der Waals surface area contributed by atoms with Crippen molar-refractivity contribution >= 4 is 0 Å². The van der Waals surface area contributed by atoms with Crippen LogP contribution >= 0.6 is 0 Å². The Morgan fingerprint density at radius 1 is 1.11 bits per heavy atom. The second-order valence-electron chi connectivity index (χ2n) is 6.10. The zero-order chi connectivity index (χ0) is 19.5. The molecule has 4 rings (SSSR count). The van der Waals surface area contributed by atoms with Crippen LogP contribution in [0.3, 0.4) is 0 Å². The van der Waals surface area contributed by atoms with Crippen LogP contribution in [0.25, 0.3) is 11.4 Å². The molecule has 0 spiro atoms. The number of ether oxygens (including phenoxy) is 2. The van der Waals surface area contributed by atoms with Crippen LogP contribution in [0.15, 0.2) is 59.5 Å². The maximum Gasteiger partial charge on any atom is 0.365 e. The quantitative estimate of drug-likeness (QED) is 0.551. The largest absolute Gasteiger partial charge is 0.496 e. The molecule has 9 nitrogen and oxygen atoms in total. The molecule has 0 saturated carbocycles. The highest BCUT2D eigenvalue weighted by molar-refractivity contribution is 5.49. The van der Waals surface area contributed by atoms with E-state index >= 15 is 0 Å². The van der Waals surface area contributed by atoms with Crippen LogP contribution < -0.4 is 15.2 Å². The molecule has 0 aliphatic heterocycles. The van der Waals surface area contributed by atoms with Crippen molar-refractivity contribution in [2.75, 3.05) is 7.11 Å². The van der Waals surface area contributed by atoms with E-state index in [0.29, 0.717) is 22.9 Å². The summed E-state index contributed by atoms with van der Waals surface area (Å²) in [5.41, 5.74) is 2.85. The Bertz CT molecular complexity index is 1140. The van der Waals surface area contributed by atoms with Gasteiger partial charge in [-0.1, -0.05) is 23.8 Å². The third kappa shape index (κ3) is 3.37. The third-order valence-electron chi connectivity index (χ3n) is 4.26. The molecule has 0 aliphatic rings. The van der Waals surface area contributed by atoms with Gasteiger partial charge in [-0.25, -0.2) is 14.6 Å². The van der Waals surface area contributed by atoms with Crippen LogP contribution in [-0.4, -0.2) is 37.1 Å². The predicted octanol–water partition coefficient (Wildman–Crippen LogP) is 2.04. The Hall–Kier alpha value is -3.88. The van der Waals surface area contributed by atoms with Crippen LogP contribution in [0.4, 0.5) is 0 Å². The van der Waals surface area contributed by atoms with E-state index in [2.05, 4.69) is 20.6 Å². The van der Waals surface area contributed by atoms with Gasteiger partial charge in [0, 0.05) is 12.3 Å². The second kappa shape index (κ2) is 7.39. The molecule has 0 atom stereocenters. The summed E-state index contributed by atoms with van der Waals surface area (Å²) < 4.78 is 14.2. The first kappa shape index (κ1) is 17.5. The maximum absolute atomic E-state index is 11.9. The molecule has 9 heteroatoms. The van der Waals surface area contributed by atoms with Crippen molar-refractivity contribution in [2.45, 2.75) is 13.5 Å². The monoisotopic (exact) mass is 378 g/mol. The summed E-state index contributed by atoms with van der Waals surface area (Å²) >= 11 is 0. The number of aromatic amines is 1. The van der Waals surface area contributed by atoms with E-state index in [9.17, 15) is 4.79 Å². The van der Waals surface area contributed by atoms with E-state index in [1.165, 1.54) is 5.56 Å². The van der Waals surface area contributed by atoms with Crippen molar-refractivity contribution in [2.24, 2.45) is 0 Å². The minimum atomic E-state index is -0.446. The number of benzene rings is 2. The lowest BCUT2D eigenvalue weighted by Crippen LogP contribution is -2.18. The molecule has 0 bridgehead atoms. The molecule has 142 valence electrons. The standard InChI is InChI=1S/C19H18N6O3/c1-13-6-8-14(9-7-13)24-11-10-18(21-24)28-12-15-16(4-3-5-17(15)27-2)25-19(26)20-22-23-25/h3-11H,12H2,1-2H3,(H,20,23,26). The van der Waals surface area contributed by atoms with Gasteiger partial charge in [-0.2, -0.15) is 4.68 Å². The van der Waals surface area contributed by atoms with Crippen LogP contribution in [0.2, 0.25) is 0 Å². The normalized spacial score (nSPS) is 10.8. The van der Waals surface area contributed by atoms with Gasteiger partial charge in [0.05, 0.1) is 24.0 Å². The van der Waals surface area contributed by atoms with Crippen LogP contribution in [0.5, 0.6) is 11.6 Å². The third-order valence-corrected chi connectivity index (χ3v) is 4.26. The summed E-state index contributed by atoms with van der Waals surface area (Å²) in [6.07, 6.45) is 1.82. The van der Waals surface area contributed by atoms with Crippen LogP contribution in [-0.2, 0) is 6.61 Å². The average Bonchev–Trinajstić information content (AvgIpc) is 3.35. The lowest BCUT2D eigenvalue weighted by atomic mass is 10.1. The fourth-order valence-corrected chi connectivity index (χ4v) is 2.82. The van der Waals surface area contributed by atoms with Gasteiger partial charge >= 0.3 is 5.69 Å². The van der Waals surface area contributed by atoms with Crippen molar-refractivity contribution in [1.29, 1.82) is 0 Å². The number of hydrogen-bond acceptors (Lipinski definition) is 6. The van der Waals surface area contributed by atoms with E-state index < -0.39 is 5.69 Å². The van der Waals surface area contributed by atoms with E-state index in [1.807, 2.05) is 37.4 Å². The number of nitrogens with zero attached hydrogens (tertiary/aromatic N) is 5. The number of methoxy groups -OCH3 is 1. The summed E-state index contributed by atoms with van der Waals surface area (Å²) in [6, 6.07) is 15.1. The lowest BCUT2D eigenvalue weighted by molar-refractivity contribution is 0.283. The molecular formula is C19H18N6O3. The topological polar surface area (TPSA) is 99.9 Å². The molecular weight excluding hydrogens is 360 g/mol. The van der Waals surface area contributed by atoms with Gasteiger partial charge in [-0.15, -0.1) is 5.10 Å². The Kier molecular flexibility index (Phi) is 4.63. The lowest BCUT2D eigenvalue weighted by Gasteiger charge is -2.13. The zero-order valence-electron chi connectivity index (χ0n) is 15.4. The Balaban J connectivity index is 1.60. The van der Waals surface area contributed by atoms with Gasteiger partial charge < -0.3 is 9.47 Å². The van der Waals surface area contributed by atoms with Gasteiger partial charge in [-0.3, -0.25) is 0 Å². The number of hydrogen-bond donors (Lipinski definition) is 1. The summed E-state index contributed by atoms with van der Waals surface area (Å²) in [5.74, 6) is 1.02. The predicted molar refractivity (Wildman–Crippen MR) is 101 cm³/mol. The summed E-state index contributed by atoms with van der Waals surface area (Å²) in [6.45, 7) is 2.18. The van der Waals surface area contributed by atoms with E-state index in [-0.39, 0.29) is 6.61 Å². The molecule has 0 saturated heterocycles. The van der Waals surface area contributed by atoms with Crippen LogP contribution in [0.1, 0.15) is 11.1 Å². The number of aromatic nitrogens is 6. The fraction of sp³-hybridized carbons (Fsp3) is 0.158. The Labute approximate surface area is 160 Å². The highest BCUT2D eigenvalue weighted by Gasteiger charge is 2.15. The highest BCUT2D eigenvalue weighted by atomic mass is 16.5. The molecule has 2 heterocycles. The van der Waals surface area contributed by atoms with Crippen molar-refractivity contribution in [1.82, 2.24) is 30.0 Å². The summed E-state index contributed by atoms with van der Waals surface area (Å²) in [5, 5.41) is 14.1. The molecule has 2 aromatic carbocycles. The second-order valence-corrected chi connectivity index (χ2v) is 6.10. The first-order chi connectivity index (χ1) is 13.7. The van der Waals surface area contributed by atoms with Crippen LogP contribution in [0, 0.1) is 6.92 Å². The van der Waals surface area contributed by atoms with E-state index in [1.54, 1.807) is 36.1 Å². The van der Waals surface area contributed by atoms with Crippen molar-refractivity contribution in [3.63, 3.8) is 0 Å². The van der Waals surface area contributed by atoms with Gasteiger partial charge in [0.15, 0.2) is 0 Å². The Morgan fingerprint density at radius 3 is 2.64 bits per heavy atom. The molecule has 0 aliphatic carbocycles. The van der Waals surface area contributed by atoms with Gasteiger partial charge in [-0.05, 0) is 41.6 Å². The average molecular weight is 378 g/mol. The molecule has 1 N–H and O–H groups in total. The van der Waals surface area contributed by atoms with Gasteiger partial charge in [0.25, 0.3) is 0 Å². The Morgan fingerprint density at radius 2 is 1.93 bits per heavy atom. The minimum Gasteiger partial charge on any atom is -0.496 e.